The van der Waals surface area contributed by atoms with Crippen LogP contribution in [0.5, 0.6) is 0 Å². The van der Waals surface area contributed by atoms with Crippen molar-refractivity contribution >= 4 is 23.2 Å². The van der Waals surface area contributed by atoms with Crippen molar-refractivity contribution in [2.24, 2.45) is 0 Å². The highest BCUT2D eigenvalue weighted by Crippen LogP contribution is 2.59. The van der Waals surface area contributed by atoms with Crippen molar-refractivity contribution in [3.05, 3.63) is 88.4 Å². The largest absolute Gasteiger partial charge is 0.333 e. The van der Waals surface area contributed by atoms with Gasteiger partial charge in [0.05, 0.1) is 6.33 Å². The zero-order chi connectivity index (χ0) is 15.2. The Kier molecular flexibility index (Phi) is 3.22. The molecule has 0 aliphatic carbocycles. The van der Waals surface area contributed by atoms with E-state index in [-0.39, 0.29) is 6.23 Å². The first-order chi connectivity index (χ1) is 10.7. The number of benzene rings is 2. The molecule has 0 N–H and O–H groups in total. The molecule has 0 saturated carbocycles. The molecule has 0 amide bonds. The van der Waals surface area contributed by atoms with Gasteiger partial charge in [0.2, 0.25) is 0 Å². The van der Waals surface area contributed by atoms with Gasteiger partial charge in [0.25, 0.3) is 0 Å². The Balaban J connectivity index is 1.87. The molecule has 3 nitrogen and oxygen atoms in total. The molecule has 3 aromatic rings. The fourth-order valence-corrected chi connectivity index (χ4v) is 3.25. The maximum atomic E-state index is 6.43. The molecule has 2 unspecified atom stereocenters. The lowest BCUT2D eigenvalue weighted by atomic mass is 9.90. The summed E-state index contributed by atoms with van der Waals surface area (Å²) in [6.07, 6.45) is 5.20. The Morgan fingerprint density at radius 3 is 2.50 bits per heavy atom. The van der Waals surface area contributed by atoms with Crippen molar-refractivity contribution in [3.63, 3.8) is 0 Å². The number of halogens is 2. The molecule has 1 aliphatic heterocycles. The van der Waals surface area contributed by atoms with E-state index in [2.05, 4.69) is 4.98 Å². The van der Waals surface area contributed by atoms with Crippen LogP contribution in [-0.2, 0) is 10.3 Å². The third kappa shape index (κ3) is 2.05. The van der Waals surface area contributed by atoms with Gasteiger partial charge in [0, 0.05) is 28.0 Å². The number of hydrogen-bond acceptors (Lipinski definition) is 2. The van der Waals surface area contributed by atoms with Crippen LogP contribution in [0.3, 0.4) is 0 Å². The lowest BCUT2D eigenvalue weighted by molar-refractivity contribution is 0.304. The van der Waals surface area contributed by atoms with Crippen molar-refractivity contribution in [2.45, 2.75) is 11.8 Å². The average Bonchev–Trinajstić information content (AvgIpc) is 3.04. The van der Waals surface area contributed by atoms with Gasteiger partial charge in [-0.3, -0.25) is 0 Å². The molecular weight excluding hydrogens is 319 g/mol. The van der Waals surface area contributed by atoms with Crippen LogP contribution in [0.4, 0.5) is 0 Å². The molecule has 2 atom stereocenters. The maximum absolute atomic E-state index is 6.43. The monoisotopic (exact) mass is 330 g/mol. The van der Waals surface area contributed by atoms with Gasteiger partial charge < -0.3 is 9.30 Å². The first kappa shape index (κ1) is 13.8. The highest BCUT2D eigenvalue weighted by Gasteiger charge is 2.61. The molecule has 22 heavy (non-hydrogen) atoms. The molecule has 1 saturated heterocycles. The number of hydrogen-bond donors (Lipinski definition) is 0. The first-order valence-corrected chi connectivity index (χ1v) is 7.64. The van der Waals surface area contributed by atoms with E-state index in [9.17, 15) is 0 Å². The number of nitrogens with zero attached hydrogens (tertiary/aromatic N) is 2. The summed E-state index contributed by atoms with van der Waals surface area (Å²) >= 11 is 12.4. The van der Waals surface area contributed by atoms with Crippen LogP contribution in [0.25, 0.3) is 0 Å². The van der Waals surface area contributed by atoms with Crippen LogP contribution < -0.4 is 0 Å². The number of imidazole rings is 1. The van der Waals surface area contributed by atoms with Gasteiger partial charge in [0.15, 0.2) is 11.8 Å². The van der Waals surface area contributed by atoms with Crippen LogP contribution in [0.2, 0.25) is 10.0 Å². The smallest absolute Gasteiger partial charge is 0.174 e. The molecule has 4 rings (SSSR count). The van der Waals surface area contributed by atoms with E-state index >= 15 is 0 Å². The summed E-state index contributed by atoms with van der Waals surface area (Å²) in [6, 6.07) is 15.4. The van der Waals surface area contributed by atoms with E-state index in [4.69, 9.17) is 27.9 Å². The van der Waals surface area contributed by atoms with Crippen molar-refractivity contribution < 1.29 is 4.74 Å². The van der Waals surface area contributed by atoms with Gasteiger partial charge in [-0.1, -0.05) is 53.5 Å². The van der Waals surface area contributed by atoms with Crippen molar-refractivity contribution in [3.8, 4) is 0 Å². The van der Waals surface area contributed by atoms with Gasteiger partial charge in [-0.25, -0.2) is 4.98 Å². The zero-order valence-corrected chi connectivity index (χ0v) is 13.0. The van der Waals surface area contributed by atoms with E-state index < -0.39 is 5.60 Å². The second-order valence-electron chi connectivity index (χ2n) is 5.20. The van der Waals surface area contributed by atoms with Crippen molar-refractivity contribution in [1.29, 1.82) is 0 Å². The van der Waals surface area contributed by atoms with Gasteiger partial charge in [-0.05, 0) is 23.8 Å². The van der Waals surface area contributed by atoms with E-state index in [1.165, 1.54) is 0 Å². The average molecular weight is 331 g/mol. The maximum Gasteiger partial charge on any atom is 0.174 e. The van der Waals surface area contributed by atoms with Crippen molar-refractivity contribution in [1.82, 2.24) is 9.55 Å². The first-order valence-electron chi connectivity index (χ1n) is 6.88. The molecular formula is C17H12Cl2N2O. The Hall–Kier alpha value is -1.81. The van der Waals surface area contributed by atoms with Gasteiger partial charge in [-0.2, -0.15) is 0 Å². The molecule has 1 fully saturated rings. The van der Waals surface area contributed by atoms with Crippen LogP contribution in [0, 0.1) is 0 Å². The summed E-state index contributed by atoms with van der Waals surface area (Å²) in [6.45, 7) is 0. The molecule has 5 heteroatoms. The molecule has 1 aliphatic rings. The van der Waals surface area contributed by atoms with Gasteiger partial charge in [0.1, 0.15) is 0 Å². The normalized spacial score (nSPS) is 23.5. The zero-order valence-electron chi connectivity index (χ0n) is 11.5. The standard InChI is InChI=1S/C17H12Cl2N2O/c18-13-7-5-12(6-8-13)17(14-3-1-2-4-15(14)19)16(22-17)21-10-9-20-11-21/h1-11,16H. The minimum atomic E-state index is -0.608. The minimum absolute atomic E-state index is 0.170. The van der Waals surface area contributed by atoms with Crippen LogP contribution >= 0.6 is 23.2 Å². The molecule has 0 spiro atoms. The third-order valence-corrected chi connectivity index (χ3v) is 4.51. The van der Waals surface area contributed by atoms with Gasteiger partial charge in [-0.15, -0.1) is 0 Å². The second-order valence-corrected chi connectivity index (χ2v) is 6.05. The number of aromatic nitrogens is 2. The lowest BCUT2D eigenvalue weighted by Crippen LogP contribution is -2.15. The van der Waals surface area contributed by atoms with Crippen LogP contribution in [0.15, 0.2) is 67.3 Å². The number of ether oxygens (including phenoxy) is 1. The van der Waals surface area contributed by atoms with Crippen LogP contribution in [-0.4, -0.2) is 9.55 Å². The molecule has 1 aromatic heterocycles. The Labute approximate surface area is 138 Å². The predicted octanol–water partition coefficient (Wildman–Crippen LogP) is 4.66. The van der Waals surface area contributed by atoms with E-state index in [1.54, 1.807) is 12.5 Å². The number of rotatable bonds is 3. The fraction of sp³-hybridized carbons (Fsp3) is 0.118. The topological polar surface area (TPSA) is 30.4 Å². The summed E-state index contributed by atoms with van der Waals surface area (Å²) in [4.78, 5) is 4.10. The molecule has 2 heterocycles. The summed E-state index contributed by atoms with van der Waals surface area (Å²) in [5.74, 6) is 0. The highest BCUT2D eigenvalue weighted by atomic mass is 35.5. The van der Waals surface area contributed by atoms with Crippen LogP contribution in [0.1, 0.15) is 17.4 Å². The SMILES string of the molecule is Clc1ccc(C2(c3ccccc3Cl)OC2n2ccnc2)cc1. The Morgan fingerprint density at radius 2 is 1.82 bits per heavy atom. The van der Waals surface area contributed by atoms with E-state index in [0.29, 0.717) is 10.0 Å². The summed E-state index contributed by atoms with van der Waals surface area (Å²) in [7, 11) is 0. The second kappa shape index (κ2) is 5.13. The lowest BCUT2D eigenvalue weighted by Gasteiger charge is -2.16. The van der Waals surface area contributed by atoms with E-state index in [0.717, 1.165) is 11.1 Å². The summed E-state index contributed by atoms with van der Waals surface area (Å²) in [5.41, 5.74) is 1.35. The molecule has 0 radical (unpaired) electrons. The Morgan fingerprint density at radius 1 is 1.05 bits per heavy atom. The van der Waals surface area contributed by atoms with E-state index in [1.807, 2.05) is 59.3 Å². The molecule has 2 aromatic carbocycles. The molecule has 0 bridgehead atoms. The quantitative estimate of drug-likeness (QED) is 0.653. The highest BCUT2D eigenvalue weighted by molar-refractivity contribution is 6.31. The molecule has 110 valence electrons. The summed E-state index contributed by atoms with van der Waals surface area (Å²) in [5, 5.41) is 1.37. The Bertz CT molecular complexity index is 802. The number of epoxide rings is 1. The fourth-order valence-electron chi connectivity index (χ4n) is 2.84. The van der Waals surface area contributed by atoms with Gasteiger partial charge >= 0.3 is 0 Å². The minimum Gasteiger partial charge on any atom is -0.333 e. The van der Waals surface area contributed by atoms with Crippen molar-refractivity contribution in [2.75, 3.05) is 0 Å². The third-order valence-electron chi connectivity index (χ3n) is 3.93. The predicted molar refractivity (Wildman–Crippen MR) is 86.0 cm³/mol. The summed E-state index contributed by atoms with van der Waals surface area (Å²) < 4.78 is 8.08.